The zero-order chi connectivity index (χ0) is 22.7. The van der Waals surface area contributed by atoms with Gasteiger partial charge in [-0.2, -0.15) is 0 Å². The molecule has 32 heavy (non-hydrogen) atoms. The highest BCUT2D eigenvalue weighted by molar-refractivity contribution is 6.03. The van der Waals surface area contributed by atoms with E-state index in [1.165, 1.54) is 0 Å². The quantitative estimate of drug-likeness (QED) is 0.649. The van der Waals surface area contributed by atoms with Crippen LogP contribution < -0.4 is 5.32 Å². The number of anilines is 1. The number of hydrogen-bond acceptors (Lipinski definition) is 5. The number of likely N-dealkylation sites (N-methyl/N-ethyl adjacent to an activating group) is 1. The number of nitrogens with zero attached hydrogens (tertiary/aromatic N) is 4. The number of para-hydroxylation sites is 1. The van der Waals surface area contributed by atoms with Gasteiger partial charge in [0.2, 0.25) is 0 Å². The Morgan fingerprint density at radius 1 is 1.09 bits per heavy atom. The van der Waals surface area contributed by atoms with Crippen molar-refractivity contribution in [3.8, 4) is 11.3 Å². The molecule has 1 aliphatic rings. The fraction of sp³-hybridized carbons (Fsp3) is 0.280. The fourth-order valence-corrected chi connectivity index (χ4v) is 3.83. The maximum absolute atomic E-state index is 12.9. The summed E-state index contributed by atoms with van der Waals surface area (Å²) in [6.07, 6.45) is 2.64. The van der Waals surface area contributed by atoms with Crippen molar-refractivity contribution in [2.75, 3.05) is 32.5 Å². The van der Waals surface area contributed by atoms with Crippen LogP contribution in [0, 0.1) is 6.92 Å². The van der Waals surface area contributed by atoms with E-state index >= 15 is 0 Å². The summed E-state index contributed by atoms with van der Waals surface area (Å²) in [4.78, 5) is 38.5. The first kappa shape index (κ1) is 21.6. The smallest absolute Gasteiger partial charge is 0.276 e. The number of carbonyl (C=O) groups excluding carboxylic acids is 2. The van der Waals surface area contributed by atoms with Crippen molar-refractivity contribution < 1.29 is 13.9 Å². The van der Waals surface area contributed by atoms with Crippen LogP contribution in [0.3, 0.4) is 0 Å². The molecule has 2 heterocycles. The standard InChI is InChI=1S/C25H27N5O2.3H2/c1-17-23(24(31)27-20-7-5-4-6-8-20)28-22(15-26-17)18-9-11-19(12-10-18)25(32)30-14-13-21(16-30)29(2)3;;;/h4-12,15,21H,13-14,16H2,1-3H3,(H,27,31);3*1H/t21-;;;/m0.../s1. The minimum atomic E-state index is -0.306. The van der Waals surface area contributed by atoms with Gasteiger partial charge in [-0.1, -0.05) is 30.3 Å². The van der Waals surface area contributed by atoms with Gasteiger partial charge in [0.05, 0.1) is 17.6 Å². The van der Waals surface area contributed by atoms with Crippen LogP contribution in [0.15, 0.2) is 60.8 Å². The van der Waals surface area contributed by atoms with Crippen LogP contribution in [0.2, 0.25) is 0 Å². The molecular weight excluding hydrogens is 402 g/mol. The normalized spacial score (nSPS) is 15.8. The Hall–Kier alpha value is -3.58. The lowest BCUT2D eigenvalue weighted by Crippen LogP contribution is -2.34. The monoisotopic (exact) mass is 435 g/mol. The van der Waals surface area contributed by atoms with Crippen LogP contribution in [0.1, 0.15) is 37.2 Å². The molecular formula is C25H33N5O2. The summed E-state index contributed by atoms with van der Waals surface area (Å²) < 4.78 is 0. The Morgan fingerprint density at radius 2 is 1.81 bits per heavy atom. The van der Waals surface area contributed by atoms with E-state index in [2.05, 4.69) is 20.2 Å². The molecule has 1 aliphatic heterocycles. The Labute approximate surface area is 192 Å². The van der Waals surface area contributed by atoms with Crippen molar-refractivity contribution in [2.45, 2.75) is 19.4 Å². The maximum Gasteiger partial charge on any atom is 0.276 e. The second-order valence-electron chi connectivity index (χ2n) is 8.24. The molecule has 7 nitrogen and oxygen atoms in total. The summed E-state index contributed by atoms with van der Waals surface area (Å²) >= 11 is 0. The SMILES string of the molecule is Cc1ncc(-c2ccc(C(=O)N3CC[C@H](N(C)C)C3)cc2)nc1C(=O)Nc1ccccc1.[HH].[HH].[HH]. The van der Waals surface area contributed by atoms with Gasteiger partial charge < -0.3 is 15.1 Å². The Morgan fingerprint density at radius 3 is 2.47 bits per heavy atom. The number of nitrogens with one attached hydrogen (secondary N) is 1. The molecule has 0 bridgehead atoms. The summed E-state index contributed by atoms with van der Waals surface area (Å²) in [7, 11) is 4.09. The third-order valence-corrected chi connectivity index (χ3v) is 5.81. The zero-order valence-electron chi connectivity index (χ0n) is 18.6. The predicted molar refractivity (Wildman–Crippen MR) is 131 cm³/mol. The highest BCUT2D eigenvalue weighted by Gasteiger charge is 2.28. The van der Waals surface area contributed by atoms with Crippen molar-refractivity contribution in [1.29, 1.82) is 0 Å². The minimum Gasteiger partial charge on any atom is -0.337 e. The Bertz CT molecular complexity index is 1130. The highest BCUT2D eigenvalue weighted by Crippen LogP contribution is 2.21. The second-order valence-corrected chi connectivity index (χ2v) is 8.24. The predicted octanol–water partition coefficient (Wildman–Crippen LogP) is 4.22. The first-order valence-corrected chi connectivity index (χ1v) is 10.7. The molecule has 3 aromatic rings. The summed E-state index contributed by atoms with van der Waals surface area (Å²) in [5, 5.41) is 2.85. The van der Waals surface area contributed by atoms with Crippen LogP contribution in [0.25, 0.3) is 11.3 Å². The molecule has 0 spiro atoms. The summed E-state index contributed by atoms with van der Waals surface area (Å²) in [5.74, 6) is -0.266. The molecule has 2 amide bonds. The van der Waals surface area contributed by atoms with E-state index in [0.717, 1.165) is 25.1 Å². The molecule has 0 saturated carbocycles. The van der Waals surface area contributed by atoms with Crippen molar-refractivity contribution in [3.05, 3.63) is 77.7 Å². The highest BCUT2D eigenvalue weighted by atomic mass is 16.2. The van der Waals surface area contributed by atoms with Gasteiger partial charge in [-0.15, -0.1) is 0 Å². The third kappa shape index (κ3) is 4.68. The first-order chi connectivity index (χ1) is 15.4. The summed E-state index contributed by atoms with van der Waals surface area (Å²) in [5.41, 5.74) is 3.56. The fourth-order valence-electron chi connectivity index (χ4n) is 3.83. The summed E-state index contributed by atoms with van der Waals surface area (Å²) in [6.45, 7) is 3.28. The largest absolute Gasteiger partial charge is 0.337 e. The molecule has 1 N–H and O–H groups in total. The number of hydrogen-bond donors (Lipinski definition) is 1. The van der Waals surface area contributed by atoms with Crippen LogP contribution >= 0.6 is 0 Å². The van der Waals surface area contributed by atoms with E-state index in [1.807, 2.05) is 73.6 Å². The van der Waals surface area contributed by atoms with Gasteiger partial charge >= 0.3 is 0 Å². The minimum absolute atomic E-state index is 0. The number of benzene rings is 2. The van der Waals surface area contributed by atoms with Gasteiger partial charge in [-0.3, -0.25) is 14.6 Å². The second kappa shape index (κ2) is 9.28. The Balaban J connectivity index is 0.00000204. The molecule has 2 aromatic carbocycles. The van der Waals surface area contributed by atoms with Gasteiger partial charge in [0, 0.05) is 40.2 Å². The molecule has 1 atom stereocenters. The number of aromatic nitrogens is 2. The van der Waals surface area contributed by atoms with E-state index in [4.69, 9.17) is 0 Å². The van der Waals surface area contributed by atoms with E-state index in [1.54, 1.807) is 13.1 Å². The number of rotatable bonds is 5. The molecule has 0 unspecified atom stereocenters. The van der Waals surface area contributed by atoms with Crippen LogP contribution in [-0.4, -0.2) is 64.8 Å². The molecule has 0 radical (unpaired) electrons. The average molecular weight is 436 g/mol. The third-order valence-electron chi connectivity index (χ3n) is 5.81. The summed E-state index contributed by atoms with van der Waals surface area (Å²) in [6, 6.07) is 17.0. The van der Waals surface area contributed by atoms with Crippen LogP contribution in [0.5, 0.6) is 0 Å². The maximum atomic E-state index is 12.9. The van der Waals surface area contributed by atoms with E-state index in [9.17, 15) is 9.59 Å². The Kier molecular flexibility index (Phi) is 6.28. The zero-order valence-corrected chi connectivity index (χ0v) is 18.6. The average Bonchev–Trinajstić information content (AvgIpc) is 3.30. The van der Waals surface area contributed by atoms with Crippen molar-refractivity contribution in [3.63, 3.8) is 0 Å². The number of carbonyl (C=O) groups is 2. The van der Waals surface area contributed by atoms with Crippen molar-refractivity contribution in [2.24, 2.45) is 0 Å². The van der Waals surface area contributed by atoms with Gasteiger partial charge in [0.25, 0.3) is 11.8 Å². The lowest BCUT2D eigenvalue weighted by Gasteiger charge is -2.20. The van der Waals surface area contributed by atoms with Crippen molar-refractivity contribution in [1.82, 2.24) is 19.8 Å². The molecule has 170 valence electrons. The van der Waals surface area contributed by atoms with Gasteiger partial charge in [0.15, 0.2) is 0 Å². The molecule has 7 heteroatoms. The molecule has 1 aromatic heterocycles. The van der Waals surface area contributed by atoms with Crippen LogP contribution in [0.4, 0.5) is 5.69 Å². The number of amides is 2. The van der Waals surface area contributed by atoms with E-state index in [0.29, 0.717) is 28.7 Å². The van der Waals surface area contributed by atoms with E-state index < -0.39 is 0 Å². The van der Waals surface area contributed by atoms with Gasteiger partial charge in [-0.05, 0) is 51.7 Å². The number of likely N-dealkylation sites (tertiary alicyclic amines) is 1. The van der Waals surface area contributed by atoms with Gasteiger partial charge in [-0.25, -0.2) is 4.98 Å². The lowest BCUT2D eigenvalue weighted by molar-refractivity contribution is 0.0783. The molecule has 4 rings (SSSR count). The van der Waals surface area contributed by atoms with Gasteiger partial charge in [0.1, 0.15) is 5.69 Å². The molecule has 0 aliphatic carbocycles. The first-order valence-electron chi connectivity index (χ1n) is 10.7. The molecule has 1 fully saturated rings. The van der Waals surface area contributed by atoms with Crippen LogP contribution in [-0.2, 0) is 0 Å². The van der Waals surface area contributed by atoms with E-state index in [-0.39, 0.29) is 21.8 Å². The number of aryl methyl sites for hydroxylation is 1. The lowest BCUT2D eigenvalue weighted by atomic mass is 10.1. The topological polar surface area (TPSA) is 78.4 Å². The van der Waals surface area contributed by atoms with Crippen molar-refractivity contribution >= 4 is 17.5 Å². The molecule has 1 saturated heterocycles.